The van der Waals surface area contributed by atoms with Crippen LogP contribution in [0.5, 0.6) is 0 Å². The van der Waals surface area contributed by atoms with Crippen molar-refractivity contribution in [1.82, 2.24) is 16.0 Å². The lowest BCUT2D eigenvalue weighted by Crippen LogP contribution is -2.57. The molecule has 0 bridgehead atoms. The molecule has 0 radical (unpaired) electrons. The molecule has 0 fully saturated rings. The van der Waals surface area contributed by atoms with E-state index in [-0.39, 0.29) is 29.9 Å². The van der Waals surface area contributed by atoms with Crippen LogP contribution in [-0.4, -0.2) is 82.5 Å². The Balaban J connectivity index is 2.77. The molecule has 1 rings (SSSR count). The summed E-state index contributed by atoms with van der Waals surface area (Å²) in [7, 11) is 0. The Kier molecular flexibility index (Phi) is 13.0. The Bertz CT molecular complexity index is 1090. The Morgan fingerprint density at radius 3 is 2.10 bits per heavy atom. The summed E-state index contributed by atoms with van der Waals surface area (Å²) >= 11 is 0.832. The SMILES string of the molecule is NC(CCC(=O)NC(CSCC(=O)NC(C=O)c1ccc(C(N)(N)C(F)(F)F)cc1)C(=O)NCC(=O)O)C(=O)O. The molecule has 0 saturated carbocycles. The maximum Gasteiger partial charge on any atom is 0.423 e. The van der Waals surface area contributed by atoms with E-state index in [4.69, 9.17) is 27.4 Å². The summed E-state index contributed by atoms with van der Waals surface area (Å²) in [6.45, 7) is -0.752. The lowest BCUT2D eigenvalue weighted by atomic mass is 9.97. The van der Waals surface area contributed by atoms with E-state index in [9.17, 15) is 41.9 Å². The second-order valence-electron chi connectivity index (χ2n) is 8.40. The normalized spacial score (nSPS) is 13.8. The molecule has 222 valence electrons. The predicted molar refractivity (Wildman–Crippen MR) is 134 cm³/mol. The van der Waals surface area contributed by atoms with Crippen LogP contribution in [0, 0.1) is 0 Å². The zero-order valence-electron chi connectivity index (χ0n) is 20.8. The van der Waals surface area contributed by atoms with Crippen LogP contribution in [0.2, 0.25) is 0 Å². The number of aldehydes is 1. The summed E-state index contributed by atoms with van der Waals surface area (Å²) in [4.78, 5) is 69.8. The molecule has 1 aromatic carbocycles. The van der Waals surface area contributed by atoms with Crippen LogP contribution in [0.15, 0.2) is 24.3 Å². The number of benzene rings is 1. The second-order valence-corrected chi connectivity index (χ2v) is 9.43. The quantitative estimate of drug-likeness (QED) is 0.0786. The fourth-order valence-corrected chi connectivity index (χ4v) is 3.81. The van der Waals surface area contributed by atoms with Crippen molar-refractivity contribution in [2.24, 2.45) is 17.2 Å². The minimum absolute atomic E-state index is 0.132. The molecular weight excluding hydrogens is 565 g/mol. The number of alkyl halides is 3. The van der Waals surface area contributed by atoms with Crippen molar-refractivity contribution in [3.63, 3.8) is 0 Å². The van der Waals surface area contributed by atoms with Gasteiger partial charge in [-0.3, -0.25) is 24.0 Å². The van der Waals surface area contributed by atoms with Crippen LogP contribution in [0.1, 0.15) is 30.0 Å². The zero-order chi connectivity index (χ0) is 30.7. The van der Waals surface area contributed by atoms with E-state index in [1.165, 1.54) is 0 Å². The molecule has 3 unspecified atom stereocenters. The van der Waals surface area contributed by atoms with Crippen LogP contribution < -0.4 is 33.2 Å². The van der Waals surface area contributed by atoms with Crippen molar-refractivity contribution in [2.75, 3.05) is 18.1 Å². The summed E-state index contributed by atoms with van der Waals surface area (Å²) < 4.78 is 39.1. The number of halogens is 3. The number of carbonyl (C=O) groups is 6. The molecule has 0 spiro atoms. The first-order valence-corrected chi connectivity index (χ1v) is 12.5. The highest BCUT2D eigenvalue weighted by atomic mass is 32.2. The predicted octanol–water partition coefficient (Wildman–Crippen LogP) is -1.71. The topological polar surface area (TPSA) is 257 Å². The zero-order valence-corrected chi connectivity index (χ0v) is 21.6. The van der Waals surface area contributed by atoms with Crippen molar-refractivity contribution in [3.05, 3.63) is 35.4 Å². The van der Waals surface area contributed by atoms with E-state index < -0.39 is 71.7 Å². The molecule has 0 aliphatic rings. The average molecular weight is 595 g/mol. The largest absolute Gasteiger partial charge is 0.480 e. The summed E-state index contributed by atoms with van der Waals surface area (Å²) in [5, 5.41) is 24.3. The van der Waals surface area contributed by atoms with Gasteiger partial charge in [0.2, 0.25) is 17.7 Å². The molecule has 11 N–H and O–H groups in total. The van der Waals surface area contributed by atoms with Gasteiger partial charge in [0.25, 0.3) is 0 Å². The second kappa shape index (κ2) is 15.2. The van der Waals surface area contributed by atoms with Crippen LogP contribution in [0.4, 0.5) is 13.2 Å². The first-order valence-electron chi connectivity index (χ1n) is 11.3. The molecule has 0 aliphatic carbocycles. The van der Waals surface area contributed by atoms with E-state index in [0.29, 0.717) is 6.29 Å². The van der Waals surface area contributed by atoms with E-state index in [1.807, 2.05) is 0 Å². The third-order valence-electron chi connectivity index (χ3n) is 5.25. The number of amides is 3. The molecule has 14 nitrogen and oxygen atoms in total. The molecule has 1 aromatic rings. The van der Waals surface area contributed by atoms with Crippen molar-refractivity contribution in [3.8, 4) is 0 Å². The minimum atomic E-state index is -4.95. The van der Waals surface area contributed by atoms with Crippen molar-refractivity contribution < 1.29 is 52.2 Å². The Labute approximate surface area is 229 Å². The molecule has 0 aromatic heterocycles. The van der Waals surface area contributed by atoms with Gasteiger partial charge in [0, 0.05) is 12.2 Å². The minimum Gasteiger partial charge on any atom is -0.480 e. The third kappa shape index (κ3) is 10.8. The Morgan fingerprint density at radius 1 is 1.00 bits per heavy atom. The lowest BCUT2D eigenvalue weighted by Gasteiger charge is -2.28. The smallest absolute Gasteiger partial charge is 0.423 e. The van der Waals surface area contributed by atoms with Crippen LogP contribution in [0.25, 0.3) is 0 Å². The summed E-state index contributed by atoms with van der Waals surface area (Å²) in [5.74, 6) is -5.58. The van der Waals surface area contributed by atoms with E-state index in [0.717, 1.165) is 36.0 Å². The van der Waals surface area contributed by atoms with Crippen LogP contribution in [-0.2, 0) is 34.4 Å². The van der Waals surface area contributed by atoms with Crippen molar-refractivity contribution in [2.45, 2.75) is 42.8 Å². The lowest BCUT2D eigenvalue weighted by molar-refractivity contribution is -0.188. The maximum absolute atomic E-state index is 13.0. The number of hydrogen-bond donors (Lipinski definition) is 8. The fourth-order valence-electron chi connectivity index (χ4n) is 2.96. The summed E-state index contributed by atoms with van der Waals surface area (Å²) in [5.41, 5.74) is 12.2. The van der Waals surface area contributed by atoms with Gasteiger partial charge in [-0.1, -0.05) is 24.3 Å². The third-order valence-corrected chi connectivity index (χ3v) is 6.29. The number of carboxylic acids is 2. The molecule has 40 heavy (non-hydrogen) atoms. The number of thioether (sulfide) groups is 1. The van der Waals surface area contributed by atoms with Crippen LogP contribution in [0.3, 0.4) is 0 Å². The number of carbonyl (C=O) groups excluding carboxylic acids is 4. The van der Waals surface area contributed by atoms with Gasteiger partial charge in [-0.15, -0.1) is 11.8 Å². The first kappa shape index (κ1) is 34.3. The van der Waals surface area contributed by atoms with Gasteiger partial charge in [0.15, 0.2) is 5.66 Å². The number of nitrogens with one attached hydrogen (secondary N) is 3. The molecule has 18 heteroatoms. The van der Waals surface area contributed by atoms with Gasteiger partial charge in [-0.2, -0.15) is 13.2 Å². The standard InChI is InChI=1S/C22H29F3N6O8S/c23-22(24,25)21(27,28)12-3-1-11(2-4-12)14(8-32)30-17(34)10-40-9-15(19(37)29-7-18(35)36)31-16(33)6-5-13(26)20(38)39/h1-4,8,13-15H,5-7,9-10,26-28H2,(H,29,37)(H,30,34)(H,31,33)(H,35,36)(H,38,39). The highest BCUT2D eigenvalue weighted by Crippen LogP contribution is 2.32. The van der Waals surface area contributed by atoms with Gasteiger partial charge >= 0.3 is 18.1 Å². The summed E-state index contributed by atoms with van der Waals surface area (Å²) in [6, 6.07) is 0.335. The fraction of sp³-hybridized carbons (Fsp3) is 0.455. The molecule has 0 saturated heterocycles. The molecule has 3 amide bonds. The highest BCUT2D eigenvalue weighted by Gasteiger charge is 2.50. The summed E-state index contributed by atoms with van der Waals surface area (Å²) in [6.07, 6.45) is -5.19. The average Bonchev–Trinajstić information content (AvgIpc) is 2.87. The number of aliphatic carboxylic acids is 2. The van der Waals surface area contributed by atoms with Crippen LogP contribution >= 0.6 is 11.8 Å². The highest BCUT2D eigenvalue weighted by molar-refractivity contribution is 8.00. The van der Waals surface area contributed by atoms with Gasteiger partial charge in [-0.25, -0.2) is 0 Å². The number of nitrogens with two attached hydrogens (primary N) is 3. The van der Waals surface area contributed by atoms with Gasteiger partial charge < -0.3 is 48.2 Å². The molecule has 0 heterocycles. The van der Waals surface area contributed by atoms with Crippen molar-refractivity contribution in [1.29, 1.82) is 0 Å². The number of carboxylic acid groups (broad SMARTS) is 2. The Morgan fingerprint density at radius 2 is 1.60 bits per heavy atom. The van der Waals surface area contributed by atoms with Crippen molar-refractivity contribution >= 4 is 47.7 Å². The van der Waals surface area contributed by atoms with Gasteiger partial charge in [-0.05, 0) is 17.5 Å². The maximum atomic E-state index is 13.0. The van der Waals surface area contributed by atoms with E-state index >= 15 is 0 Å². The molecule has 3 atom stereocenters. The van der Waals surface area contributed by atoms with E-state index in [1.54, 1.807) is 0 Å². The number of hydrogen-bond acceptors (Lipinski definition) is 10. The first-order chi connectivity index (χ1) is 18.5. The van der Waals surface area contributed by atoms with Gasteiger partial charge in [0.1, 0.15) is 31.0 Å². The Hall–Kier alpha value is -3.74. The molecule has 0 aliphatic heterocycles. The monoisotopic (exact) mass is 594 g/mol. The van der Waals surface area contributed by atoms with Gasteiger partial charge in [0.05, 0.1) is 5.75 Å². The number of rotatable bonds is 16. The van der Waals surface area contributed by atoms with E-state index in [2.05, 4.69) is 16.0 Å². The molecular formula is C22H29F3N6O8S.